The Hall–Kier alpha value is -0.960. The smallest absolute Gasteiger partial charge is 0.193 e. The summed E-state index contributed by atoms with van der Waals surface area (Å²) in [6.45, 7) is 15.0. The van der Waals surface area contributed by atoms with Crippen LogP contribution in [-0.4, -0.2) is 61.6 Å². The molecule has 0 radical (unpaired) electrons. The number of hydrogen-bond donors (Lipinski definition) is 1. The van der Waals surface area contributed by atoms with Crippen LogP contribution >= 0.6 is 24.0 Å². The van der Waals surface area contributed by atoms with Crippen molar-refractivity contribution in [2.75, 3.05) is 45.8 Å². The second kappa shape index (κ2) is 12.6. The summed E-state index contributed by atoms with van der Waals surface area (Å²) in [7, 11) is 0. The molecule has 1 heterocycles. The van der Waals surface area contributed by atoms with Crippen LogP contribution in [0.1, 0.15) is 45.6 Å². The summed E-state index contributed by atoms with van der Waals surface area (Å²) < 4.78 is 27.1. The maximum absolute atomic E-state index is 14.0. The molecule has 0 saturated carbocycles. The van der Waals surface area contributed by atoms with Crippen molar-refractivity contribution in [1.29, 1.82) is 0 Å². The molecule has 2 atom stereocenters. The Balaban J connectivity index is 0.00000392. The molecule has 2 unspecified atom stereocenters. The molecule has 1 aromatic carbocycles. The van der Waals surface area contributed by atoms with E-state index in [9.17, 15) is 8.78 Å². The molecule has 1 aliphatic heterocycles. The number of nitrogens with one attached hydrogen (secondary N) is 1. The lowest BCUT2D eigenvalue weighted by Crippen LogP contribution is -2.41. The van der Waals surface area contributed by atoms with Crippen LogP contribution in [0.25, 0.3) is 0 Å². The minimum absolute atomic E-state index is 0. The number of aliphatic imine (C=N–C) groups is 1. The summed E-state index contributed by atoms with van der Waals surface area (Å²) in [5.41, 5.74) is 0.511. The molecule has 160 valence electrons. The van der Waals surface area contributed by atoms with Crippen molar-refractivity contribution in [2.24, 2.45) is 10.9 Å². The predicted octanol–water partition coefficient (Wildman–Crippen LogP) is 4.32. The lowest BCUT2D eigenvalue weighted by atomic mass is 10.0. The van der Waals surface area contributed by atoms with Gasteiger partial charge in [0.1, 0.15) is 11.6 Å². The Morgan fingerprint density at radius 3 is 2.61 bits per heavy atom. The number of benzene rings is 1. The molecule has 28 heavy (non-hydrogen) atoms. The van der Waals surface area contributed by atoms with E-state index in [1.54, 1.807) is 0 Å². The third-order valence-corrected chi connectivity index (χ3v) is 5.34. The molecule has 0 amide bonds. The Bertz CT molecular complexity index is 622. The third kappa shape index (κ3) is 7.13. The number of likely N-dealkylation sites (tertiary alicyclic amines) is 1. The monoisotopic (exact) mass is 508 g/mol. The average molecular weight is 508 g/mol. The van der Waals surface area contributed by atoms with Crippen LogP contribution in [0, 0.1) is 17.6 Å². The quantitative estimate of drug-likeness (QED) is 0.323. The number of nitrogens with zero attached hydrogens (tertiary/aromatic N) is 3. The van der Waals surface area contributed by atoms with E-state index in [-0.39, 0.29) is 29.9 Å². The van der Waals surface area contributed by atoms with Crippen molar-refractivity contribution in [1.82, 2.24) is 15.1 Å². The second-order valence-corrected chi connectivity index (χ2v) is 7.35. The molecule has 0 aliphatic carbocycles. The van der Waals surface area contributed by atoms with Gasteiger partial charge in [0.25, 0.3) is 0 Å². The zero-order valence-electron chi connectivity index (χ0n) is 17.5. The molecule has 4 nitrogen and oxygen atoms in total. The fraction of sp³-hybridized carbons (Fsp3) is 0.667. The zero-order chi connectivity index (χ0) is 19.8. The highest BCUT2D eigenvalue weighted by Gasteiger charge is 2.26. The molecule has 0 bridgehead atoms. The van der Waals surface area contributed by atoms with Crippen molar-refractivity contribution in [2.45, 2.75) is 40.0 Å². The number of hydrogen-bond acceptors (Lipinski definition) is 2. The van der Waals surface area contributed by atoms with Gasteiger partial charge in [0, 0.05) is 44.7 Å². The van der Waals surface area contributed by atoms with Crippen molar-refractivity contribution in [3.63, 3.8) is 0 Å². The SMILES string of the molecule is CCNC(=NCC(C)c1ccc(F)cc1F)N1CCC(CN(CC)CC)C1.I. The van der Waals surface area contributed by atoms with Gasteiger partial charge < -0.3 is 15.1 Å². The fourth-order valence-corrected chi connectivity index (χ4v) is 3.67. The Kier molecular flexibility index (Phi) is 11.3. The lowest BCUT2D eigenvalue weighted by Gasteiger charge is -2.24. The van der Waals surface area contributed by atoms with E-state index in [0.717, 1.165) is 51.3 Å². The Morgan fingerprint density at radius 1 is 1.29 bits per heavy atom. The first-order valence-electron chi connectivity index (χ1n) is 10.2. The van der Waals surface area contributed by atoms with Gasteiger partial charge in [-0.15, -0.1) is 24.0 Å². The van der Waals surface area contributed by atoms with Crippen molar-refractivity contribution in [3.8, 4) is 0 Å². The highest BCUT2D eigenvalue weighted by Crippen LogP contribution is 2.21. The van der Waals surface area contributed by atoms with Crippen LogP contribution < -0.4 is 5.32 Å². The van der Waals surface area contributed by atoms with E-state index >= 15 is 0 Å². The molecule has 7 heteroatoms. The molecule has 1 aromatic rings. The Morgan fingerprint density at radius 2 is 2.00 bits per heavy atom. The van der Waals surface area contributed by atoms with Crippen LogP contribution in [0.3, 0.4) is 0 Å². The molecule has 0 spiro atoms. The second-order valence-electron chi connectivity index (χ2n) is 7.35. The van der Waals surface area contributed by atoms with Gasteiger partial charge in [0.15, 0.2) is 5.96 Å². The molecule has 1 fully saturated rings. The van der Waals surface area contributed by atoms with E-state index in [0.29, 0.717) is 18.0 Å². The first kappa shape index (κ1) is 25.1. The van der Waals surface area contributed by atoms with E-state index in [4.69, 9.17) is 4.99 Å². The fourth-order valence-electron chi connectivity index (χ4n) is 3.67. The summed E-state index contributed by atoms with van der Waals surface area (Å²) in [4.78, 5) is 9.53. The summed E-state index contributed by atoms with van der Waals surface area (Å²) >= 11 is 0. The van der Waals surface area contributed by atoms with Gasteiger partial charge in [-0.2, -0.15) is 0 Å². The van der Waals surface area contributed by atoms with Crippen LogP contribution in [0.2, 0.25) is 0 Å². The van der Waals surface area contributed by atoms with E-state index in [1.807, 2.05) is 6.92 Å². The first-order valence-corrected chi connectivity index (χ1v) is 10.2. The highest BCUT2D eigenvalue weighted by atomic mass is 127. The summed E-state index contributed by atoms with van der Waals surface area (Å²) in [6, 6.07) is 3.77. The topological polar surface area (TPSA) is 30.9 Å². The normalized spacial score (nSPS) is 18.3. The Labute approximate surface area is 185 Å². The van der Waals surface area contributed by atoms with Gasteiger partial charge in [-0.1, -0.05) is 26.8 Å². The number of halogens is 3. The van der Waals surface area contributed by atoms with Crippen molar-refractivity contribution in [3.05, 3.63) is 35.4 Å². The van der Waals surface area contributed by atoms with Crippen molar-refractivity contribution < 1.29 is 8.78 Å². The molecule has 0 aromatic heterocycles. The minimum Gasteiger partial charge on any atom is -0.357 e. The van der Waals surface area contributed by atoms with Crippen molar-refractivity contribution >= 4 is 29.9 Å². The third-order valence-electron chi connectivity index (χ3n) is 5.34. The molecular formula is C21H35F2IN4. The van der Waals surface area contributed by atoms with Crippen LogP contribution in [0.4, 0.5) is 8.78 Å². The maximum atomic E-state index is 14.0. The van der Waals surface area contributed by atoms with Gasteiger partial charge in [-0.05, 0) is 44.0 Å². The van der Waals surface area contributed by atoms with Gasteiger partial charge in [0.2, 0.25) is 0 Å². The number of rotatable bonds is 8. The largest absolute Gasteiger partial charge is 0.357 e. The van der Waals surface area contributed by atoms with Gasteiger partial charge >= 0.3 is 0 Å². The van der Waals surface area contributed by atoms with E-state index in [1.165, 1.54) is 18.6 Å². The van der Waals surface area contributed by atoms with Crippen LogP contribution in [0.15, 0.2) is 23.2 Å². The lowest BCUT2D eigenvalue weighted by molar-refractivity contribution is 0.255. The molecule has 2 rings (SSSR count). The maximum Gasteiger partial charge on any atom is 0.193 e. The number of guanidine groups is 1. The standard InChI is InChI=1S/C21H34F2N4.HI/c1-5-24-21(27-11-10-17(15-27)14-26(6-2)7-3)25-13-16(4)19-9-8-18(22)12-20(19)23;/h8-9,12,16-17H,5-7,10-11,13-15H2,1-4H3,(H,24,25);1H. The summed E-state index contributed by atoms with van der Waals surface area (Å²) in [5, 5.41) is 3.37. The molecule has 1 saturated heterocycles. The van der Waals surface area contributed by atoms with Gasteiger partial charge in [-0.3, -0.25) is 4.99 Å². The van der Waals surface area contributed by atoms with E-state index in [2.05, 4.69) is 35.9 Å². The van der Waals surface area contributed by atoms with Crippen LogP contribution in [-0.2, 0) is 0 Å². The van der Waals surface area contributed by atoms with Gasteiger partial charge in [-0.25, -0.2) is 8.78 Å². The van der Waals surface area contributed by atoms with Crippen LogP contribution in [0.5, 0.6) is 0 Å². The highest BCUT2D eigenvalue weighted by molar-refractivity contribution is 14.0. The molecule has 1 N–H and O–H groups in total. The van der Waals surface area contributed by atoms with E-state index < -0.39 is 11.6 Å². The molecular weight excluding hydrogens is 473 g/mol. The first-order chi connectivity index (χ1) is 13.0. The van der Waals surface area contributed by atoms with Gasteiger partial charge in [0.05, 0.1) is 0 Å². The zero-order valence-corrected chi connectivity index (χ0v) is 19.9. The predicted molar refractivity (Wildman–Crippen MR) is 124 cm³/mol. The summed E-state index contributed by atoms with van der Waals surface area (Å²) in [6.07, 6.45) is 1.17. The summed E-state index contributed by atoms with van der Waals surface area (Å²) in [5.74, 6) is 0.405. The average Bonchev–Trinajstić information content (AvgIpc) is 3.11. The minimum atomic E-state index is -0.545. The molecule has 1 aliphatic rings.